The second-order valence-electron chi connectivity index (χ2n) is 4.97. The average molecular weight is 360 g/mol. The summed E-state index contributed by atoms with van der Waals surface area (Å²) >= 11 is 7.26. The van der Waals surface area contributed by atoms with Gasteiger partial charge in [0.25, 0.3) is 0 Å². The molecule has 0 saturated heterocycles. The highest BCUT2D eigenvalue weighted by molar-refractivity contribution is 8.01. The molecule has 0 saturated carbocycles. The topological polar surface area (TPSA) is 64.6 Å². The highest BCUT2D eigenvalue weighted by atomic mass is 35.5. The fourth-order valence-electron chi connectivity index (χ4n) is 1.70. The van der Waals surface area contributed by atoms with Gasteiger partial charge in [0, 0.05) is 11.1 Å². The van der Waals surface area contributed by atoms with E-state index in [-0.39, 0.29) is 22.9 Å². The van der Waals surface area contributed by atoms with Crippen molar-refractivity contribution >= 4 is 40.9 Å². The number of hydrogen-bond acceptors (Lipinski definition) is 5. The number of methoxy groups -OCH3 is 1. The zero-order valence-electron chi connectivity index (χ0n) is 13.8. The van der Waals surface area contributed by atoms with Crippen LogP contribution in [-0.2, 0) is 14.3 Å². The summed E-state index contributed by atoms with van der Waals surface area (Å²) in [6, 6.07) is 3.41. The van der Waals surface area contributed by atoms with E-state index in [1.807, 2.05) is 13.8 Å². The number of carbonyl (C=O) groups excluding carboxylic acids is 2. The Hall–Kier alpha value is -1.40. The molecule has 1 aromatic carbocycles. The first-order chi connectivity index (χ1) is 10.9. The molecule has 1 N–H and O–H groups in total. The number of rotatable bonds is 8. The number of carbonyl (C=O) groups is 2. The van der Waals surface area contributed by atoms with Crippen molar-refractivity contribution in [2.24, 2.45) is 0 Å². The van der Waals surface area contributed by atoms with Gasteiger partial charge in [-0.1, -0.05) is 18.5 Å². The van der Waals surface area contributed by atoms with Gasteiger partial charge in [-0.05, 0) is 31.9 Å². The Kier molecular flexibility index (Phi) is 8.26. The molecule has 0 heterocycles. The minimum Gasteiger partial charge on any atom is -0.495 e. The Labute approximate surface area is 146 Å². The largest absolute Gasteiger partial charge is 0.495 e. The van der Waals surface area contributed by atoms with Crippen molar-refractivity contribution in [3.63, 3.8) is 0 Å². The lowest BCUT2D eigenvalue weighted by Gasteiger charge is -2.13. The molecule has 5 nitrogen and oxygen atoms in total. The molecule has 0 aliphatic heterocycles. The van der Waals surface area contributed by atoms with Gasteiger partial charge in [-0.25, -0.2) is 0 Å². The zero-order valence-corrected chi connectivity index (χ0v) is 15.3. The normalized spacial score (nSPS) is 11.7. The number of nitrogens with one attached hydrogen (secondary N) is 1. The number of esters is 1. The van der Waals surface area contributed by atoms with Gasteiger partial charge in [0.05, 0.1) is 25.2 Å². The molecule has 0 aliphatic carbocycles. The van der Waals surface area contributed by atoms with Crippen molar-refractivity contribution in [1.29, 1.82) is 0 Å². The van der Waals surface area contributed by atoms with Crippen molar-refractivity contribution in [1.82, 2.24) is 0 Å². The SMILES string of the molecule is CCCOC(=O)C(C)SCC(=O)Nc1cc(C)c(Cl)cc1OC. The lowest BCUT2D eigenvalue weighted by Crippen LogP contribution is -2.21. The second-order valence-corrected chi connectivity index (χ2v) is 6.71. The smallest absolute Gasteiger partial charge is 0.318 e. The number of ether oxygens (including phenoxy) is 2. The van der Waals surface area contributed by atoms with Crippen LogP contribution in [0, 0.1) is 6.92 Å². The van der Waals surface area contributed by atoms with Crippen molar-refractivity contribution in [3.8, 4) is 5.75 Å². The number of thioether (sulfide) groups is 1. The van der Waals surface area contributed by atoms with Crippen LogP contribution in [0.4, 0.5) is 5.69 Å². The van der Waals surface area contributed by atoms with Gasteiger partial charge in [-0.3, -0.25) is 9.59 Å². The number of amides is 1. The summed E-state index contributed by atoms with van der Waals surface area (Å²) < 4.78 is 10.3. The minimum atomic E-state index is -0.388. The van der Waals surface area contributed by atoms with Crippen LogP contribution in [0.5, 0.6) is 5.75 Å². The molecule has 0 aliphatic rings. The van der Waals surface area contributed by atoms with Gasteiger partial charge in [0.2, 0.25) is 5.91 Å². The molecule has 1 aromatic rings. The lowest BCUT2D eigenvalue weighted by molar-refractivity contribution is -0.142. The molecule has 1 rings (SSSR count). The van der Waals surface area contributed by atoms with E-state index in [0.717, 1.165) is 12.0 Å². The molecular weight excluding hydrogens is 338 g/mol. The fraction of sp³-hybridized carbons (Fsp3) is 0.500. The van der Waals surface area contributed by atoms with E-state index >= 15 is 0 Å². The second kappa shape index (κ2) is 9.67. The predicted molar refractivity (Wildman–Crippen MR) is 94.5 cm³/mol. The quantitative estimate of drug-likeness (QED) is 0.717. The Morgan fingerprint density at radius 3 is 2.70 bits per heavy atom. The van der Waals surface area contributed by atoms with Crippen molar-refractivity contribution in [2.75, 3.05) is 24.8 Å². The summed E-state index contributed by atoms with van der Waals surface area (Å²) in [6.45, 7) is 5.90. The maximum atomic E-state index is 12.0. The fourth-order valence-corrected chi connectivity index (χ4v) is 2.54. The molecule has 0 spiro atoms. The Balaban J connectivity index is 2.57. The minimum absolute atomic E-state index is 0.146. The standard InChI is InChI=1S/C16H22ClNO4S/c1-5-6-22-16(20)11(3)23-9-15(19)18-13-7-10(2)12(17)8-14(13)21-4/h7-8,11H,5-6,9H2,1-4H3,(H,18,19). The van der Waals surface area contributed by atoms with Crippen molar-refractivity contribution < 1.29 is 19.1 Å². The Morgan fingerprint density at radius 1 is 1.39 bits per heavy atom. The molecule has 1 atom stereocenters. The predicted octanol–water partition coefficient (Wildman–Crippen LogP) is 3.67. The number of anilines is 1. The summed E-state index contributed by atoms with van der Waals surface area (Å²) in [5, 5.41) is 2.95. The molecule has 1 amide bonds. The van der Waals surface area contributed by atoms with Crippen LogP contribution in [0.2, 0.25) is 5.02 Å². The zero-order chi connectivity index (χ0) is 17.4. The van der Waals surface area contributed by atoms with Gasteiger partial charge >= 0.3 is 5.97 Å². The third-order valence-corrected chi connectivity index (χ3v) is 4.53. The van der Waals surface area contributed by atoms with Crippen LogP contribution >= 0.6 is 23.4 Å². The molecule has 23 heavy (non-hydrogen) atoms. The monoisotopic (exact) mass is 359 g/mol. The number of aryl methyl sites for hydroxylation is 1. The number of halogens is 1. The van der Waals surface area contributed by atoms with Gasteiger partial charge in [-0.15, -0.1) is 11.8 Å². The summed E-state index contributed by atoms with van der Waals surface area (Å²) in [7, 11) is 1.51. The van der Waals surface area contributed by atoms with Gasteiger partial charge in [0.1, 0.15) is 11.0 Å². The van der Waals surface area contributed by atoms with E-state index in [4.69, 9.17) is 21.1 Å². The van der Waals surface area contributed by atoms with Gasteiger partial charge in [-0.2, -0.15) is 0 Å². The van der Waals surface area contributed by atoms with E-state index < -0.39 is 0 Å². The first-order valence-corrected chi connectivity index (χ1v) is 8.73. The number of hydrogen-bond donors (Lipinski definition) is 1. The highest BCUT2D eigenvalue weighted by Crippen LogP contribution is 2.31. The lowest BCUT2D eigenvalue weighted by atomic mass is 10.2. The van der Waals surface area contributed by atoms with Gasteiger partial charge < -0.3 is 14.8 Å². The van der Waals surface area contributed by atoms with Crippen LogP contribution in [0.15, 0.2) is 12.1 Å². The molecule has 0 radical (unpaired) electrons. The molecule has 128 valence electrons. The van der Waals surface area contributed by atoms with Gasteiger partial charge in [0.15, 0.2) is 0 Å². The van der Waals surface area contributed by atoms with E-state index in [1.54, 1.807) is 19.1 Å². The average Bonchev–Trinajstić information content (AvgIpc) is 2.53. The van der Waals surface area contributed by atoms with Crippen molar-refractivity contribution in [2.45, 2.75) is 32.4 Å². The summed E-state index contributed by atoms with van der Waals surface area (Å²) in [6.07, 6.45) is 0.777. The van der Waals surface area contributed by atoms with Crippen LogP contribution in [0.1, 0.15) is 25.8 Å². The third-order valence-electron chi connectivity index (χ3n) is 3.00. The molecule has 0 fully saturated rings. The summed E-state index contributed by atoms with van der Waals surface area (Å²) in [4.78, 5) is 23.7. The first kappa shape index (κ1) is 19.6. The first-order valence-electron chi connectivity index (χ1n) is 7.31. The molecule has 7 heteroatoms. The van der Waals surface area contributed by atoms with E-state index in [9.17, 15) is 9.59 Å². The van der Waals surface area contributed by atoms with Crippen LogP contribution < -0.4 is 10.1 Å². The molecule has 0 bridgehead atoms. The van der Waals surface area contributed by atoms with Crippen LogP contribution in [-0.4, -0.2) is 36.6 Å². The maximum absolute atomic E-state index is 12.0. The highest BCUT2D eigenvalue weighted by Gasteiger charge is 2.17. The van der Waals surface area contributed by atoms with E-state index in [0.29, 0.717) is 23.1 Å². The number of benzene rings is 1. The third kappa shape index (κ3) is 6.31. The Bertz CT molecular complexity index is 565. The van der Waals surface area contributed by atoms with Crippen molar-refractivity contribution in [3.05, 3.63) is 22.7 Å². The van der Waals surface area contributed by atoms with E-state index in [1.165, 1.54) is 18.9 Å². The summed E-state index contributed by atoms with van der Waals surface area (Å²) in [5.74, 6) is 0.122. The molecule has 1 unspecified atom stereocenters. The molecular formula is C16H22ClNO4S. The molecule has 0 aromatic heterocycles. The van der Waals surface area contributed by atoms with E-state index in [2.05, 4.69) is 5.32 Å². The van der Waals surface area contributed by atoms with Crippen LogP contribution in [0.3, 0.4) is 0 Å². The Morgan fingerprint density at radius 2 is 2.09 bits per heavy atom. The summed E-state index contributed by atoms with van der Waals surface area (Å²) in [5.41, 5.74) is 1.40. The van der Waals surface area contributed by atoms with Crippen LogP contribution in [0.25, 0.3) is 0 Å². The maximum Gasteiger partial charge on any atom is 0.318 e.